The fraction of sp³-hybridized carbons (Fsp3) is 0.300. The fourth-order valence-electron chi connectivity index (χ4n) is 3.18. The number of benzene rings is 2. The maximum absolute atomic E-state index is 13.2. The van der Waals surface area contributed by atoms with E-state index in [2.05, 4.69) is 4.72 Å². The molecule has 10 heteroatoms. The fourth-order valence-corrected chi connectivity index (χ4v) is 4.47. The summed E-state index contributed by atoms with van der Waals surface area (Å²) in [6.07, 6.45) is 0. The number of amides is 2. The second kappa shape index (κ2) is 9.11. The summed E-state index contributed by atoms with van der Waals surface area (Å²) in [4.78, 5) is 28.6. The topological polar surface area (TPSA) is 86.8 Å². The molecule has 1 aliphatic heterocycles. The van der Waals surface area contributed by atoms with Gasteiger partial charge in [0.05, 0.1) is 15.5 Å². The molecule has 2 aromatic rings. The molecule has 0 radical (unpaired) electrons. The molecule has 1 aliphatic rings. The Morgan fingerprint density at radius 1 is 1.00 bits per heavy atom. The van der Waals surface area contributed by atoms with Crippen molar-refractivity contribution in [3.8, 4) is 0 Å². The molecule has 1 saturated heterocycles. The van der Waals surface area contributed by atoms with Crippen LogP contribution in [0.4, 0.5) is 4.39 Å². The molecule has 0 saturated carbocycles. The Labute approximate surface area is 179 Å². The molecule has 0 bridgehead atoms. The quantitative estimate of drug-likeness (QED) is 0.753. The third kappa shape index (κ3) is 4.80. The average Bonchev–Trinajstić information content (AvgIpc) is 2.73. The van der Waals surface area contributed by atoms with E-state index in [1.165, 1.54) is 36.4 Å². The highest BCUT2D eigenvalue weighted by molar-refractivity contribution is 7.89. The zero-order valence-electron chi connectivity index (χ0n) is 16.3. The number of sulfonamides is 1. The molecule has 0 unspecified atom stereocenters. The molecule has 0 aliphatic carbocycles. The Balaban J connectivity index is 1.63. The summed E-state index contributed by atoms with van der Waals surface area (Å²) in [6, 6.07) is 9.35. The minimum Gasteiger partial charge on any atom is -0.335 e. The monoisotopic (exact) mass is 453 g/mol. The van der Waals surface area contributed by atoms with E-state index in [9.17, 15) is 22.4 Å². The van der Waals surface area contributed by atoms with Gasteiger partial charge in [-0.3, -0.25) is 9.59 Å². The van der Waals surface area contributed by atoms with Gasteiger partial charge in [0.25, 0.3) is 11.8 Å². The molecular formula is C20H21ClFN3O4S. The van der Waals surface area contributed by atoms with Crippen molar-refractivity contribution in [1.82, 2.24) is 14.5 Å². The van der Waals surface area contributed by atoms with Crippen molar-refractivity contribution in [2.75, 3.05) is 32.7 Å². The van der Waals surface area contributed by atoms with E-state index in [1.807, 2.05) is 0 Å². The number of hydrogen-bond donors (Lipinski definition) is 1. The van der Waals surface area contributed by atoms with Gasteiger partial charge in [0, 0.05) is 38.3 Å². The van der Waals surface area contributed by atoms with Crippen molar-refractivity contribution < 1.29 is 22.4 Å². The molecule has 0 atom stereocenters. The molecule has 1 fully saturated rings. The zero-order valence-corrected chi connectivity index (χ0v) is 17.8. The van der Waals surface area contributed by atoms with Crippen LogP contribution in [0.5, 0.6) is 0 Å². The lowest BCUT2D eigenvalue weighted by molar-refractivity contribution is 0.0535. The number of halogens is 2. The Morgan fingerprint density at radius 2 is 1.57 bits per heavy atom. The van der Waals surface area contributed by atoms with Gasteiger partial charge in [-0.05, 0) is 42.5 Å². The molecule has 7 nitrogen and oxygen atoms in total. The summed E-state index contributed by atoms with van der Waals surface area (Å²) < 4.78 is 39.6. The summed E-state index contributed by atoms with van der Waals surface area (Å²) in [6.45, 7) is 3.22. The third-order valence-electron chi connectivity index (χ3n) is 4.76. The van der Waals surface area contributed by atoms with E-state index >= 15 is 0 Å². The highest BCUT2D eigenvalue weighted by atomic mass is 35.5. The van der Waals surface area contributed by atoms with Crippen LogP contribution in [0.1, 0.15) is 27.6 Å². The Morgan fingerprint density at radius 3 is 2.10 bits per heavy atom. The van der Waals surface area contributed by atoms with Crippen molar-refractivity contribution in [3.05, 3.63) is 64.4 Å². The van der Waals surface area contributed by atoms with E-state index in [4.69, 9.17) is 11.6 Å². The number of hydrogen-bond acceptors (Lipinski definition) is 4. The summed E-state index contributed by atoms with van der Waals surface area (Å²) >= 11 is 5.97. The number of rotatable bonds is 5. The van der Waals surface area contributed by atoms with E-state index in [1.54, 1.807) is 16.7 Å². The Bertz CT molecular complexity index is 1050. The molecule has 0 spiro atoms. The third-order valence-corrected chi connectivity index (χ3v) is 6.64. The minimum atomic E-state index is -3.58. The van der Waals surface area contributed by atoms with Crippen LogP contribution in [0.25, 0.3) is 0 Å². The summed E-state index contributed by atoms with van der Waals surface area (Å²) in [5.41, 5.74) is 0.585. The van der Waals surface area contributed by atoms with Crippen LogP contribution < -0.4 is 4.72 Å². The van der Waals surface area contributed by atoms with E-state index < -0.39 is 15.8 Å². The van der Waals surface area contributed by atoms with Crippen LogP contribution in [0.2, 0.25) is 5.02 Å². The first-order valence-corrected chi connectivity index (χ1v) is 11.2. The number of nitrogens with one attached hydrogen (secondary N) is 1. The molecule has 3 rings (SSSR count). The smallest absolute Gasteiger partial charge is 0.255 e. The average molecular weight is 454 g/mol. The molecule has 1 heterocycles. The van der Waals surface area contributed by atoms with E-state index in [0.29, 0.717) is 31.7 Å². The lowest BCUT2D eigenvalue weighted by Crippen LogP contribution is -2.50. The van der Waals surface area contributed by atoms with Gasteiger partial charge in [0.15, 0.2) is 0 Å². The van der Waals surface area contributed by atoms with Gasteiger partial charge in [-0.15, -0.1) is 0 Å². The SMILES string of the molecule is CCNS(=O)(=O)c1ccc(C(=O)N2CCN(C(=O)c3ccc(F)cc3Cl)CC2)cc1. The maximum Gasteiger partial charge on any atom is 0.255 e. The van der Waals surface area contributed by atoms with Crippen LogP contribution >= 0.6 is 11.6 Å². The van der Waals surface area contributed by atoms with Crippen molar-refractivity contribution in [1.29, 1.82) is 0 Å². The second-order valence-corrected chi connectivity index (χ2v) is 8.91. The highest BCUT2D eigenvalue weighted by Gasteiger charge is 2.27. The second-order valence-electron chi connectivity index (χ2n) is 6.73. The van der Waals surface area contributed by atoms with Gasteiger partial charge in [-0.1, -0.05) is 18.5 Å². The van der Waals surface area contributed by atoms with Gasteiger partial charge < -0.3 is 9.80 Å². The van der Waals surface area contributed by atoms with Crippen molar-refractivity contribution >= 4 is 33.4 Å². The number of piperazine rings is 1. The first-order valence-electron chi connectivity index (χ1n) is 9.36. The van der Waals surface area contributed by atoms with Gasteiger partial charge in [0.2, 0.25) is 10.0 Å². The van der Waals surface area contributed by atoms with Crippen molar-refractivity contribution in [2.45, 2.75) is 11.8 Å². The van der Waals surface area contributed by atoms with E-state index in [-0.39, 0.29) is 33.8 Å². The molecule has 1 N–H and O–H groups in total. The Hall–Kier alpha value is -2.49. The van der Waals surface area contributed by atoms with E-state index in [0.717, 1.165) is 6.07 Å². The first kappa shape index (κ1) is 22.2. The molecule has 160 valence electrons. The Kier molecular flexibility index (Phi) is 6.74. The van der Waals surface area contributed by atoms with Crippen molar-refractivity contribution in [3.63, 3.8) is 0 Å². The predicted molar refractivity (Wildman–Crippen MR) is 111 cm³/mol. The lowest BCUT2D eigenvalue weighted by atomic mass is 10.1. The predicted octanol–water partition coefficient (Wildman–Crippen LogP) is 2.38. The van der Waals surface area contributed by atoms with Gasteiger partial charge in [-0.2, -0.15) is 0 Å². The summed E-state index contributed by atoms with van der Waals surface area (Å²) in [7, 11) is -3.58. The maximum atomic E-state index is 13.2. The zero-order chi connectivity index (χ0) is 21.9. The standard InChI is InChI=1S/C20H21ClFN3O4S/c1-2-23-30(28,29)16-6-3-14(4-7-16)19(26)24-9-11-25(12-10-24)20(27)17-8-5-15(22)13-18(17)21/h3-8,13,23H,2,9-12H2,1H3. The van der Waals surface area contributed by atoms with Gasteiger partial charge in [-0.25, -0.2) is 17.5 Å². The summed E-state index contributed by atoms with van der Waals surface area (Å²) in [5, 5.41) is 0.0473. The highest BCUT2D eigenvalue weighted by Crippen LogP contribution is 2.20. The van der Waals surface area contributed by atoms with Crippen LogP contribution in [-0.4, -0.2) is 62.8 Å². The van der Waals surface area contributed by atoms with Gasteiger partial charge >= 0.3 is 0 Å². The van der Waals surface area contributed by atoms with Crippen LogP contribution in [0.15, 0.2) is 47.4 Å². The summed E-state index contributed by atoms with van der Waals surface area (Å²) in [5.74, 6) is -1.07. The van der Waals surface area contributed by atoms with Gasteiger partial charge in [0.1, 0.15) is 5.82 Å². The van der Waals surface area contributed by atoms with Crippen molar-refractivity contribution in [2.24, 2.45) is 0 Å². The molecule has 2 aromatic carbocycles. The molecule has 0 aromatic heterocycles. The largest absolute Gasteiger partial charge is 0.335 e. The van der Waals surface area contributed by atoms with Crippen LogP contribution in [0.3, 0.4) is 0 Å². The molecular weight excluding hydrogens is 433 g/mol. The molecule has 30 heavy (non-hydrogen) atoms. The number of carbonyl (C=O) groups is 2. The molecule has 2 amide bonds. The number of carbonyl (C=O) groups excluding carboxylic acids is 2. The number of nitrogens with zero attached hydrogens (tertiary/aromatic N) is 2. The first-order chi connectivity index (χ1) is 14.2. The minimum absolute atomic E-state index is 0.0473. The normalized spacial score (nSPS) is 14.6. The lowest BCUT2D eigenvalue weighted by Gasteiger charge is -2.35. The van der Waals surface area contributed by atoms with Crippen LogP contribution in [-0.2, 0) is 10.0 Å². The van der Waals surface area contributed by atoms with Crippen LogP contribution in [0, 0.1) is 5.82 Å².